The van der Waals surface area contributed by atoms with E-state index in [1.165, 1.54) is 0 Å². The maximum Gasteiger partial charge on any atom is 0.242 e. The summed E-state index contributed by atoms with van der Waals surface area (Å²) in [5.74, 6) is 0.0154. The lowest BCUT2D eigenvalue weighted by Crippen LogP contribution is -2.52. The zero-order valence-electron chi connectivity index (χ0n) is 20.9. The summed E-state index contributed by atoms with van der Waals surface area (Å²) in [7, 11) is 0. The Kier molecular flexibility index (Phi) is 13.5. The van der Waals surface area contributed by atoms with Crippen molar-refractivity contribution in [3.8, 4) is 0 Å². The highest BCUT2D eigenvalue weighted by Gasteiger charge is 2.29. The van der Waals surface area contributed by atoms with Gasteiger partial charge >= 0.3 is 0 Å². The van der Waals surface area contributed by atoms with E-state index in [0.717, 1.165) is 44.9 Å². The third-order valence-electron chi connectivity index (χ3n) is 6.60. The van der Waals surface area contributed by atoms with E-state index in [1.807, 2.05) is 6.92 Å². The molecule has 1 heterocycles. The lowest BCUT2D eigenvalue weighted by atomic mass is 9.89. The fourth-order valence-corrected chi connectivity index (χ4v) is 4.25. The van der Waals surface area contributed by atoms with Crippen molar-refractivity contribution in [1.29, 1.82) is 0 Å². The SMILES string of the molecule is CCCCNC(=O)[C@H](C)C[C@H](O)[C@@H]1C[C@H](C)CCCC[C@H](C)CCC(=O)N[C@@H](C)C(=O)N1. The van der Waals surface area contributed by atoms with Crippen LogP contribution in [0.15, 0.2) is 0 Å². The van der Waals surface area contributed by atoms with Crippen LogP contribution in [0.25, 0.3) is 0 Å². The molecule has 7 heteroatoms. The minimum absolute atomic E-state index is 0.0660. The van der Waals surface area contributed by atoms with Gasteiger partial charge in [0.2, 0.25) is 17.7 Å². The third kappa shape index (κ3) is 11.3. The second-order valence-corrected chi connectivity index (χ2v) is 10.0. The van der Waals surface area contributed by atoms with Crippen LogP contribution in [0.4, 0.5) is 0 Å². The summed E-state index contributed by atoms with van der Waals surface area (Å²) in [6.45, 7) is 10.5. The molecule has 3 amide bonds. The van der Waals surface area contributed by atoms with Gasteiger partial charge < -0.3 is 21.1 Å². The summed E-state index contributed by atoms with van der Waals surface area (Å²) >= 11 is 0. The Labute approximate surface area is 194 Å². The largest absolute Gasteiger partial charge is 0.391 e. The first-order valence-electron chi connectivity index (χ1n) is 12.7. The molecule has 1 aliphatic heterocycles. The van der Waals surface area contributed by atoms with E-state index < -0.39 is 18.2 Å². The quantitative estimate of drug-likeness (QED) is 0.444. The maximum atomic E-state index is 12.8. The Bertz CT molecular complexity index is 584. The molecule has 0 saturated carbocycles. The average Bonchev–Trinajstić information content (AvgIpc) is 2.74. The zero-order valence-corrected chi connectivity index (χ0v) is 20.9. The van der Waals surface area contributed by atoms with Crippen LogP contribution >= 0.6 is 0 Å². The molecular formula is C25H47N3O4. The van der Waals surface area contributed by atoms with Gasteiger partial charge in [0.25, 0.3) is 0 Å². The molecule has 32 heavy (non-hydrogen) atoms. The first-order chi connectivity index (χ1) is 15.1. The second-order valence-electron chi connectivity index (χ2n) is 10.0. The van der Waals surface area contributed by atoms with Gasteiger partial charge in [-0.1, -0.05) is 59.8 Å². The summed E-state index contributed by atoms with van der Waals surface area (Å²) < 4.78 is 0. The summed E-state index contributed by atoms with van der Waals surface area (Å²) in [6.07, 6.45) is 7.65. The Morgan fingerprint density at radius 2 is 1.75 bits per heavy atom. The van der Waals surface area contributed by atoms with Crippen molar-refractivity contribution in [3.05, 3.63) is 0 Å². The van der Waals surface area contributed by atoms with E-state index in [2.05, 4.69) is 36.7 Å². The minimum Gasteiger partial charge on any atom is -0.391 e. The maximum absolute atomic E-state index is 12.8. The Morgan fingerprint density at radius 1 is 1.09 bits per heavy atom. The minimum atomic E-state index is -0.827. The summed E-state index contributed by atoms with van der Waals surface area (Å²) in [6, 6.07) is -1.12. The van der Waals surface area contributed by atoms with Crippen molar-refractivity contribution in [3.63, 3.8) is 0 Å². The molecule has 6 atom stereocenters. The standard InChI is InChI=1S/C25H47N3O4/c1-6-7-14-26-24(31)19(4)16-22(29)21-15-18(3)11-9-8-10-17(2)12-13-23(30)27-20(5)25(32)28-21/h17-22,29H,6-16H2,1-5H3,(H,26,31)(H,27,30)(H,28,32)/t17-,18+,19+,20-,21-,22-/m0/s1. The number of aliphatic hydroxyl groups is 1. The van der Waals surface area contributed by atoms with Crippen LogP contribution in [0.5, 0.6) is 0 Å². The predicted octanol–water partition coefficient (Wildman–Crippen LogP) is 3.30. The number of hydrogen-bond donors (Lipinski definition) is 4. The molecule has 4 N–H and O–H groups in total. The number of hydrogen-bond acceptors (Lipinski definition) is 4. The molecule has 0 aromatic heterocycles. The van der Waals surface area contributed by atoms with Gasteiger partial charge in [-0.25, -0.2) is 0 Å². The molecular weight excluding hydrogens is 406 g/mol. The van der Waals surface area contributed by atoms with Crippen LogP contribution in [0.1, 0.15) is 98.8 Å². The van der Waals surface area contributed by atoms with Gasteiger partial charge in [-0.3, -0.25) is 14.4 Å². The molecule has 1 saturated heterocycles. The van der Waals surface area contributed by atoms with E-state index in [0.29, 0.717) is 31.2 Å². The van der Waals surface area contributed by atoms with Crippen molar-refractivity contribution >= 4 is 17.7 Å². The molecule has 7 nitrogen and oxygen atoms in total. The van der Waals surface area contributed by atoms with Crippen LogP contribution in [-0.2, 0) is 14.4 Å². The molecule has 1 aliphatic rings. The van der Waals surface area contributed by atoms with Gasteiger partial charge in [-0.15, -0.1) is 0 Å². The Balaban J connectivity index is 2.82. The van der Waals surface area contributed by atoms with Crippen molar-refractivity contribution in [2.75, 3.05) is 6.54 Å². The van der Waals surface area contributed by atoms with Gasteiger partial charge in [-0.2, -0.15) is 0 Å². The molecule has 0 spiro atoms. The van der Waals surface area contributed by atoms with E-state index in [-0.39, 0.29) is 30.1 Å². The molecule has 1 fully saturated rings. The molecule has 0 radical (unpaired) electrons. The number of rotatable bonds is 7. The Morgan fingerprint density at radius 3 is 2.41 bits per heavy atom. The van der Waals surface area contributed by atoms with Crippen LogP contribution in [0.2, 0.25) is 0 Å². The van der Waals surface area contributed by atoms with Gasteiger partial charge in [0.05, 0.1) is 12.1 Å². The molecule has 186 valence electrons. The monoisotopic (exact) mass is 453 g/mol. The van der Waals surface area contributed by atoms with Gasteiger partial charge in [0.1, 0.15) is 6.04 Å². The van der Waals surface area contributed by atoms with Crippen molar-refractivity contribution in [1.82, 2.24) is 16.0 Å². The van der Waals surface area contributed by atoms with Gasteiger partial charge in [0, 0.05) is 18.9 Å². The summed E-state index contributed by atoms with van der Waals surface area (Å²) in [5.41, 5.74) is 0. The number of unbranched alkanes of at least 4 members (excludes halogenated alkanes) is 1. The van der Waals surface area contributed by atoms with E-state index in [1.54, 1.807) is 6.92 Å². The zero-order chi connectivity index (χ0) is 24.1. The van der Waals surface area contributed by atoms with Crippen LogP contribution in [0, 0.1) is 17.8 Å². The van der Waals surface area contributed by atoms with Gasteiger partial charge in [0.15, 0.2) is 0 Å². The topological polar surface area (TPSA) is 108 Å². The van der Waals surface area contributed by atoms with Crippen LogP contribution in [0.3, 0.4) is 0 Å². The molecule has 1 rings (SSSR count). The van der Waals surface area contributed by atoms with Crippen LogP contribution < -0.4 is 16.0 Å². The average molecular weight is 454 g/mol. The predicted molar refractivity (Wildman–Crippen MR) is 128 cm³/mol. The van der Waals surface area contributed by atoms with Gasteiger partial charge in [-0.05, 0) is 44.4 Å². The number of amides is 3. The lowest BCUT2D eigenvalue weighted by Gasteiger charge is -2.29. The fourth-order valence-electron chi connectivity index (χ4n) is 4.25. The fraction of sp³-hybridized carbons (Fsp3) is 0.880. The first-order valence-corrected chi connectivity index (χ1v) is 12.7. The smallest absolute Gasteiger partial charge is 0.242 e. The number of carbonyl (C=O) groups excluding carboxylic acids is 3. The molecule has 0 aromatic rings. The highest BCUT2D eigenvalue weighted by atomic mass is 16.3. The van der Waals surface area contributed by atoms with Crippen LogP contribution in [-0.4, -0.2) is 47.6 Å². The number of aliphatic hydroxyl groups excluding tert-OH is 1. The lowest BCUT2D eigenvalue weighted by molar-refractivity contribution is -0.130. The number of nitrogens with one attached hydrogen (secondary N) is 3. The van der Waals surface area contributed by atoms with E-state index in [4.69, 9.17) is 0 Å². The summed E-state index contributed by atoms with van der Waals surface area (Å²) in [5, 5.41) is 19.6. The summed E-state index contributed by atoms with van der Waals surface area (Å²) in [4.78, 5) is 37.3. The first kappa shape index (κ1) is 28.4. The molecule has 0 unspecified atom stereocenters. The molecule has 0 aliphatic carbocycles. The van der Waals surface area contributed by atoms with Crippen molar-refractivity contribution in [2.24, 2.45) is 17.8 Å². The highest BCUT2D eigenvalue weighted by Crippen LogP contribution is 2.22. The van der Waals surface area contributed by atoms with E-state index >= 15 is 0 Å². The van der Waals surface area contributed by atoms with Crippen molar-refractivity contribution < 1.29 is 19.5 Å². The third-order valence-corrected chi connectivity index (χ3v) is 6.60. The normalized spacial score (nSPS) is 28.4. The highest BCUT2D eigenvalue weighted by molar-refractivity contribution is 5.87. The Hall–Kier alpha value is -1.63. The van der Waals surface area contributed by atoms with E-state index in [9.17, 15) is 19.5 Å². The van der Waals surface area contributed by atoms with Crippen molar-refractivity contribution in [2.45, 2.75) is 117 Å². The second kappa shape index (κ2) is 15.3. The molecule has 0 aromatic carbocycles. The molecule has 0 bridgehead atoms. The number of carbonyl (C=O) groups is 3.